The van der Waals surface area contributed by atoms with Gasteiger partial charge >= 0.3 is 6.09 Å². The summed E-state index contributed by atoms with van der Waals surface area (Å²) in [5.74, 6) is 3.09. The monoisotopic (exact) mass is 413 g/mol. The molecule has 30 heavy (non-hydrogen) atoms. The van der Waals surface area contributed by atoms with Crippen molar-refractivity contribution < 1.29 is 19.1 Å². The molecule has 5 rings (SSSR count). The lowest BCUT2D eigenvalue weighted by molar-refractivity contribution is -0.125. The molecule has 0 heterocycles. The lowest BCUT2D eigenvalue weighted by Crippen LogP contribution is -2.60. The summed E-state index contributed by atoms with van der Waals surface area (Å²) in [4.78, 5) is 24.5. The number of methoxy groups -OCH3 is 1. The van der Waals surface area contributed by atoms with Crippen LogP contribution in [0.3, 0.4) is 0 Å². The standard InChI is InChI=1S/C23H31N3O4/c1-15(25-26-22(28)30-14-16-3-5-20(29-2)6-4-16)7-21(27)24-23-11-17-8-18(12-23)10-19(9-17)13-23/h3-6,17-19H,7-14H2,1-2H3,(H,24,27)(H,26,28)/b25-15-. The van der Waals surface area contributed by atoms with E-state index in [4.69, 9.17) is 9.47 Å². The summed E-state index contributed by atoms with van der Waals surface area (Å²) in [7, 11) is 1.60. The zero-order valence-electron chi connectivity index (χ0n) is 17.8. The highest BCUT2D eigenvalue weighted by Crippen LogP contribution is 2.55. The van der Waals surface area contributed by atoms with Gasteiger partial charge in [0, 0.05) is 11.3 Å². The van der Waals surface area contributed by atoms with E-state index in [9.17, 15) is 9.59 Å². The fraction of sp³-hybridized carbons (Fsp3) is 0.609. The Balaban J connectivity index is 1.21. The number of carbonyl (C=O) groups is 2. The van der Waals surface area contributed by atoms with Gasteiger partial charge in [-0.3, -0.25) is 4.79 Å². The molecule has 1 aromatic rings. The van der Waals surface area contributed by atoms with Gasteiger partial charge in [0.15, 0.2) is 0 Å². The van der Waals surface area contributed by atoms with Gasteiger partial charge in [-0.15, -0.1) is 0 Å². The number of rotatable bonds is 7. The van der Waals surface area contributed by atoms with Crippen LogP contribution in [0.15, 0.2) is 29.4 Å². The number of amides is 2. The highest BCUT2D eigenvalue weighted by atomic mass is 16.6. The third kappa shape index (κ3) is 4.94. The van der Waals surface area contributed by atoms with Crippen LogP contribution in [0.4, 0.5) is 4.79 Å². The number of nitrogens with one attached hydrogen (secondary N) is 2. The predicted molar refractivity (Wildman–Crippen MR) is 113 cm³/mol. The quantitative estimate of drug-likeness (QED) is 0.526. The van der Waals surface area contributed by atoms with Gasteiger partial charge in [-0.05, 0) is 80.9 Å². The van der Waals surface area contributed by atoms with Crippen LogP contribution < -0.4 is 15.5 Å². The van der Waals surface area contributed by atoms with Crippen LogP contribution >= 0.6 is 0 Å². The van der Waals surface area contributed by atoms with Gasteiger partial charge in [-0.2, -0.15) is 5.10 Å². The molecule has 2 amide bonds. The van der Waals surface area contributed by atoms with Crippen molar-refractivity contribution in [1.82, 2.24) is 10.7 Å². The normalized spacial score (nSPS) is 29.4. The average molecular weight is 414 g/mol. The van der Waals surface area contributed by atoms with E-state index in [2.05, 4.69) is 15.8 Å². The summed E-state index contributed by atoms with van der Waals surface area (Å²) in [6, 6.07) is 7.27. The van der Waals surface area contributed by atoms with E-state index in [0.29, 0.717) is 5.71 Å². The molecule has 4 saturated carbocycles. The molecular weight excluding hydrogens is 382 g/mol. The van der Waals surface area contributed by atoms with Crippen molar-refractivity contribution in [2.24, 2.45) is 22.9 Å². The molecule has 4 fully saturated rings. The number of nitrogens with zero attached hydrogens (tertiary/aromatic N) is 1. The van der Waals surface area contributed by atoms with Crippen LogP contribution in [0.1, 0.15) is 57.4 Å². The molecule has 0 unspecified atom stereocenters. The molecule has 0 aliphatic heterocycles. The highest BCUT2D eigenvalue weighted by Gasteiger charge is 2.51. The topological polar surface area (TPSA) is 89.0 Å². The highest BCUT2D eigenvalue weighted by molar-refractivity contribution is 6.00. The SMILES string of the molecule is COc1ccc(COC(=O)N/N=C(/C)CC(=O)NC23CC4CC(CC(C4)C2)C3)cc1. The van der Waals surface area contributed by atoms with E-state index in [1.165, 1.54) is 19.3 Å². The molecule has 0 radical (unpaired) electrons. The van der Waals surface area contributed by atoms with Gasteiger partial charge in [0.1, 0.15) is 12.4 Å². The van der Waals surface area contributed by atoms with Crippen LogP contribution in [-0.2, 0) is 16.1 Å². The van der Waals surface area contributed by atoms with Crippen molar-refractivity contribution in [2.45, 2.75) is 64.0 Å². The molecule has 162 valence electrons. The fourth-order valence-electron chi connectivity index (χ4n) is 5.92. The molecule has 4 bridgehead atoms. The summed E-state index contributed by atoms with van der Waals surface area (Å²) in [5.41, 5.74) is 3.76. The lowest BCUT2D eigenvalue weighted by Gasteiger charge is -2.56. The first-order chi connectivity index (χ1) is 14.4. The van der Waals surface area contributed by atoms with Gasteiger partial charge in [0.05, 0.1) is 13.5 Å². The third-order valence-corrected chi connectivity index (χ3v) is 6.73. The molecule has 4 aliphatic rings. The van der Waals surface area contributed by atoms with Crippen molar-refractivity contribution in [2.75, 3.05) is 7.11 Å². The van der Waals surface area contributed by atoms with Crippen molar-refractivity contribution in [3.05, 3.63) is 29.8 Å². The maximum atomic E-state index is 12.6. The smallest absolute Gasteiger partial charge is 0.428 e. The van der Waals surface area contributed by atoms with E-state index in [1.54, 1.807) is 26.2 Å². The second kappa shape index (κ2) is 8.66. The Morgan fingerprint density at radius 1 is 1.07 bits per heavy atom. The Labute approximate surface area is 177 Å². The van der Waals surface area contributed by atoms with Gasteiger partial charge in [-0.1, -0.05) is 12.1 Å². The number of ether oxygens (including phenoxy) is 2. The van der Waals surface area contributed by atoms with Gasteiger partial charge in [0.25, 0.3) is 0 Å². The van der Waals surface area contributed by atoms with Crippen LogP contribution in [0.25, 0.3) is 0 Å². The number of hydrazone groups is 1. The molecule has 1 aromatic carbocycles. The Morgan fingerprint density at radius 2 is 1.67 bits per heavy atom. The largest absolute Gasteiger partial charge is 0.497 e. The second-order valence-electron chi connectivity index (χ2n) is 9.31. The van der Waals surface area contributed by atoms with E-state index >= 15 is 0 Å². The third-order valence-electron chi connectivity index (χ3n) is 6.73. The van der Waals surface area contributed by atoms with Crippen LogP contribution in [0.2, 0.25) is 0 Å². The summed E-state index contributed by atoms with van der Waals surface area (Å²) >= 11 is 0. The van der Waals surface area contributed by atoms with Crippen molar-refractivity contribution in [3.63, 3.8) is 0 Å². The van der Waals surface area contributed by atoms with E-state index < -0.39 is 6.09 Å². The Bertz CT molecular complexity index is 783. The van der Waals surface area contributed by atoms with Crippen LogP contribution in [0.5, 0.6) is 5.75 Å². The van der Waals surface area contributed by atoms with E-state index in [0.717, 1.165) is 48.3 Å². The van der Waals surface area contributed by atoms with E-state index in [-0.39, 0.29) is 24.5 Å². The van der Waals surface area contributed by atoms with Gasteiger partial charge < -0.3 is 14.8 Å². The fourth-order valence-corrected chi connectivity index (χ4v) is 5.92. The van der Waals surface area contributed by atoms with Gasteiger partial charge in [-0.25, -0.2) is 10.2 Å². The number of benzene rings is 1. The Kier molecular flexibility index (Phi) is 5.97. The molecule has 0 saturated heterocycles. The molecule has 7 heteroatoms. The minimum absolute atomic E-state index is 0.00314. The Morgan fingerprint density at radius 3 is 2.23 bits per heavy atom. The first-order valence-electron chi connectivity index (χ1n) is 10.8. The first-order valence-corrected chi connectivity index (χ1v) is 10.8. The van der Waals surface area contributed by atoms with Crippen molar-refractivity contribution >= 4 is 17.7 Å². The maximum Gasteiger partial charge on any atom is 0.428 e. The summed E-state index contributed by atoms with van der Waals surface area (Å²) in [5, 5.41) is 7.33. The van der Waals surface area contributed by atoms with Crippen LogP contribution in [0, 0.1) is 17.8 Å². The lowest BCUT2D eigenvalue weighted by atomic mass is 9.53. The molecular formula is C23H31N3O4. The molecule has 4 aliphatic carbocycles. The minimum atomic E-state index is -0.647. The van der Waals surface area contributed by atoms with Crippen LogP contribution in [-0.4, -0.2) is 30.4 Å². The Hall–Kier alpha value is -2.57. The summed E-state index contributed by atoms with van der Waals surface area (Å²) in [6.07, 6.45) is 6.94. The second-order valence-corrected chi connectivity index (χ2v) is 9.31. The molecule has 2 N–H and O–H groups in total. The molecule has 7 nitrogen and oxygen atoms in total. The van der Waals surface area contributed by atoms with Gasteiger partial charge in [0.2, 0.25) is 5.91 Å². The zero-order chi connectivity index (χ0) is 21.1. The minimum Gasteiger partial charge on any atom is -0.497 e. The predicted octanol–water partition coefficient (Wildman–Crippen LogP) is 3.77. The van der Waals surface area contributed by atoms with Crippen molar-refractivity contribution in [1.29, 1.82) is 0 Å². The van der Waals surface area contributed by atoms with Crippen molar-refractivity contribution in [3.8, 4) is 5.75 Å². The number of hydrogen-bond acceptors (Lipinski definition) is 5. The maximum absolute atomic E-state index is 12.6. The number of hydrogen-bond donors (Lipinski definition) is 2. The molecule has 0 atom stereocenters. The number of carbonyl (C=O) groups excluding carboxylic acids is 2. The molecule has 0 aromatic heterocycles. The summed E-state index contributed by atoms with van der Waals surface area (Å²) < 4.78 is 10.2. The zero-order valence-corrected chi connectivity index (χ0v) is 17.8. The first kappa shape index (κ1) is 20.7. The molecule has 0 spiro atoms. The average Bonchev–Trinajstić information content (AvgIpc) is 2.69. The van der Waals surface area contributed by atoms with E-state index in [1.807, 2.05) is 12.1 Å². The summed E-state index contributed by atoms with van der Waals surface area (Å²) in [6.45, 7) is 1.87.